The van der Waals surface area contributed by atoms with Crippen molar-refractivity contribution in [3.8, 4) is 11.5 Å². The summed E-state index contributed by atoms with van der Waals surface area (Å²) in [5.41, 5.74) is 1.82. The van der Waals surface area contributed by atoms with Gasteiger partial charge in [-0.1, -0.05) is 6.07 Å². The molecular formula is C21H26N4O3S. The van der Waals surface area contributed by atoms with Crippen LogP contribution in [-0.4, -0.2) is 60.2 Å². The lowest BCUT2D eigenvalue weighted by Gasteiger charge is -2.34. The molecule has 1 saturated heterocycles. The van der Waals surface area contributed by atoms with Gasteiger partial charge < -0.3 is 14.8 Å². The molecule has 1 aliphatic carbocycles. The first kappa shape index (κ1) is 18.8. The molecule has 3 aliphatic rings. The van der Waals surface area contributed by atoms with E-state index in [9.17, 15) is 4.79 Å². The van der Waals surface area contributed by atoms with Crippen LogP contribution in [0.4, 0.5) is 0 Å². The minimum Gasteiger partial charge on any atom is -0.454 e. The van der Waals surface area contributed by atoms with Crippen LogP contribution in [0, 0.1) is 5.92 Å². The van der Waals surface area contributed by atoms with Gasteiger partial charge in [0.05, 0.1) is 6.54 Å². The van der Waals surface area contributed by atoms with E-state index in [0.717, 1.165) is 62.3 Å². The van der Waals surface area contributed by atoms with E-state index < -0.39 is 0 Å². The lowest BCUT2D eigenvalue weighted by molar-refractivity contribution is 0.0946. The molecule has 29 heavy (non-hydrogen) atoms. The molecule has 1 aromatic carbocycles. The van der Waals surface area contributed by atoms with Crippen molar-refractivity contribution in [1.82, 2.24) is 20.1 Å². The summed E-state index contributed by atoms with van der Waals surface area (Å²) in [6.07, 6.45) is 2.48. The number of carbonyl (C=O) groups is 1. The molecule has 0 atom stereocenters. The number of nitrogens with zero attached hydrogens (tertiary/aromatic N) is 3. The third kappa shape index (κ3) is 4.71. The first-order valence-corrected chi connectivity index (χ1v) is 11.2. The molecule has 3 heterocycles. The Kier molecular flexibility index (Phi) is 5.39. The number of carbonyl (C=O) groups excluding carboxylic acids is 1. The van der Waals surface area contributed by atoms with E-state index in [-0.39, 0.29) is 5.91 Å². The van der Waals surface area contributed by atoms with E-state index in [1.807, 2.05) is 11.4 Å². The molecule has 0 radical (unpaired) electrons. The molecule has 1 N–H and O–H groups in total. The fraction of sp³-hybridized carbons (Fsp3) is 0.524. The lowest BCUT2D eigenvalue weighted by Crippen LogP contribution is -2.45. The number of rotatable bonds is 7. The Morgan fingerprint density at radius 3 is 2.66 bits per heavy atom. The normalized spacial score (nSPS) is 19.4. The minimum atomic E-state index is -0.0343. The minimum absolute atomic E-state index is 0.0343. The Bertz CT molecular complexity index is 875. The highest BCUT2D eigenvalue weighted by Gasteiger charge is 2.23. The second kappa shape index (κ2) is 8.30. The molecule has 0 spiro atoms. The fourth-order valence-electron chi connectivity index (χ4n) is 3.73. The molecule has 1 amide bonds. The van der Waals surface area contributed by atoms with Crippen LogP contribution < -0.4 is 14.8 Å². The number of aromatic nitrogens is 1. The number of nitrogens with one attached hydrogen (secondary N) is 1. The highest BCUT2D eigenvalue weighted by atomic mass is 32.1. The third-order valence-electron chi connectivity index (χ3n) is 5.70. The van der Waals surface area contributed by atoms with E-state index >= 15 is 0 Å². The van der Waals surface area contributed by atoms with E-state index in [4.69, 9.17) is 9.47 Å². The summed E-state index contributed by atoms with van der Waals surface area (Å²) in [5, 5.41) is 5.89. The first-order valence-electron chi connectivity index (χ1n) is 10.3. The maximum atomic E-state index is 12.2. The van der Waals surface area contributed by atoms with Crippen molar-refractivity contribution in [3.05, 3.63) is 39.8 Å². The number of thiazole rings is 1. The SMILES string of the molecule is O=C(NCC1CC1)c1csc(CN2CCN(Cc3ccc4c(c3)OCO4)CC2)n1. The highest BCUT2D eigenvalue weighted by Crippen LogP contribution is 2.33. The van der Waals surface area contributed by atoms with E-state index in [2.05, 4.69) is 32.2 Å². The second-order valence-corrected chi connectivity index (χ2v) is 8.96. The molecule has 2 fully saturated rings. The highest BCUT2D eigenvalue weighted by molar-refractivity contribution is 7.09. The van der Waals surface area contributed by atoms with Gasteiger partial charge in [0.25, 0.3) is 5.91 Å². The third-order valence-corrected chi connectivity index (χ3v) is 6.53. The Hall–Kier alpha value is -2.16. The predicted molar refractivity (Wildman–Crippen MR) is 110 cm³/mol. The van der Waals surface area contributed by atoms with Gasteiger partial charge in [0, 0.05) is 44.6 Å². The number of ether oxygens (including phenoxy) is 2. The van der Waals surface area contributed by atoms with Gasteiger partial charge in [-0.25, -0.2) is 4.98 Å². The quantitative estimate of drug-likeness (QED) is 0.750. The summed E-state index contributed by atoms with van der Waals surface area (Å²) in [5.74, 6) is 2.34. The number of benzene rings is 1. The number of amides is 1. The largest absolute Gasteiger partial charge is 0.454 e. The predicted octanol–water partition coefficient (Wildman–Crippen LogP) is 2.33. The van der Waals surface area contributed by atoms with Gasteiger partial charge in [-0.3, -0.25) is 14.6 Å². The second-order valence-electron chi connectivity index (χ2n) is 8.02. The van der Waals surface area contributed by atoms with Gasteiger partial charge in [-0.15, -0.1) is 11.3 Å². The van der Waals surface area contributed by atoms with Crippen molar-refractivity contribution in [2.45, 2.75) is 25.9 Å². The molecule has 2 aromatic rings. The zero-order valence-corrected chi connectivity index (χ0v) is 17.2. The summed E-state index contributed by atoms with van der Waals surface area (Å²) >= 11 is 1.58. The van der Waals surface area contributed by atoms with Crippen LogP contribution in [0.3, 0.4) is 0 Å². The van der Waals surface area contributed by atoms with E-state index in [1.165, 1.54) is 18.4 Å². The standard InChI is InChI=1S/C21H26N4O3S/c26-21(22-10-15-1-2-15)17-13-29-20(23-17)12-25-7-5-24(6-8-25)11-16-3-4-18-19(9-16)28-14-27-18/h3-4,9,13,15H,1-2,5-8,10-12,14H2,(H,22,26). The molecule has 7 nitrogen and oxygen atoms in total. The summed E-state index contributed by atoms with van der Waals surface area (Å²) in [4.78, 5) is 21.6. The molecule has 2 aliphatic heterocycles. The van der Waals surface area contributed by atoms with Gasteiger partial charge in [0.1, 0.15) is 10.7 Å². The van der Waals surface area contributed by atoms with Crippen molar-refractivity contribution in [3.63, 3.8) is 0 Å². The summed E-state index contributed by atoms with van der Waals surface area (Å²) in [7, 11) is 0. The average molecular weight is 415 g/mol. The van der Waals surface area contributed by atoms with Crippen LogP contribution in [0.15, 0.2) is 23.6 Å². The zero-order valence-electron chi connectivity index (χ0n) is 16.4. The molecule has 0 bridgehead atoms. The molecule has 1 aromatic heterocycles. The maximum Gasteiger partial charge on any atom is 0.270 e. The maximum absolute atomic E-state index is 12.2. The van der Waals surface area contributed by atoms with Crippen molar-refractivity contribution >= 4 is 17.2 Å². The Balaban J connectivity index is 1.08. The van der Waals surface area contributed by atoms with Crippen LogP contribution in [0.5, 0.6) is 11.5 Å². The van der Waals surface area contributed by atoms with E-state index in [1.54, 1.807) is 11.3 Å². The van der Waals surface area contributed by atoms with Crippen molar-refractivity contribution in [2.75, 3.05) is 39.5 Å². The van der Waals surface area contributed by atoms with E-state index in [0.29, 0.717) is 18.4 Å². The fourth-order valence-corrected chi connectivity index (χ4v) is 4.55. The lowest BCUT2D eigenvalue weighted by atomic mass is 10.1. The van der Waals surface area contributed by atoms with Crippen molar-refractivity contribution in [1.29, 1.82) is 0 Å². The Morgan fingerprint density at radius 1 is 1.10 bits per heavy atom. The van der Waals surface area contributed by atoms with Crippen LogP contribution >= 0.6 is 11.3 Å². The molecule has 1 saturated carbocycles. The van der Waals surface area contributed by atoms with Gasteiger partial charge in [-0.2, -0.15) is 0 Å². The van der Waals surface area contributed by atoms with Crippen LogP contribution in [-0.2, 0) is 13.1 Å². The number of piperazine rings is 1. The van der Waals surface area contributed by atoms with Crippen LogP contribution in [0.25, 0.3) is 0 Å². The van der Waals surface area contributed by atoms with Gasteiger partial charge in [0.15, 0.2) is 11.5 Å². The zero-order chi connectivity index (χ0) is 19.6. The van der Waals surface area contributed by atoms with Gasteiger partial charge in [-0.05, 0) is 36.5 Å². The molecule has 154 valence electrons. The van der Waals surface area contributed by atoms with Crippen LogP contribution in [0.2, 0.25) is 0 Å². The summed E-state index contributed by atoms with van der Waals surface area (Å²) < 4.78 is 10.9. The molecule has 5 rings (SSSR count). The summed E-state index contributed by atoms with van der Waals surface area (Å²) in [6, 6.07) is 6.19. The average Bonchev–Trinajstić information content (AvgIpc) is 3.24. The first-order chi connectivity index (χ1) is 14.2. The van der Waals surface area contributed by atoms with Crippen molar-refractivity contribution < 1.29 is 14.3 Å². The van der Waals surface area contributed by atoms with Gasteiger partial charge in [0.2, 0.25) is 6.79 Å². The number of hydrogen-bond donors (Lipinski definition) is 1. The molecule has 0 unspecified atom stereocenters. The molecule has 8 heteroatoms. The monoisotopic (exact) mass is 414 g/mol. The topological polar surface area (TPSA) is 66.9 Å². The van der Waals surface area contributed by atoms with Crippen molar-refractivity contribution in [2.24, 2.45) is 5.92 Å². The molecular weight excluding hydrogens is 388 g/mol. The number of hydrogen-bond acceptors (Lipinski definition) is 7. The smallest absolute Gasteiger partial charge is 0.270 e. The van der Waals surface area contributed by atoms with Gasteiger partial charge >= 0.3 is 0 Å². The Morgan fingerprint density at radius 2 is 1.86 bits per heavy atom. The number of fused-ring (bicyclic) bond motifs is 1. The summed E-state index contributed by atoms with van der Waals surface area (Å²) in [6.45, 7) is 6.91. The Labute approximate surface area is 174 Å². The van der Waals surface area contributed by atoms with Crippen LogP contribution in [0.1, 0.15) is 33.9 Å².